The average molecular weight is 511 g/mol. The summed E-state index contributed by atoms with van der Waals surface area (Å²) in [6, 6.07) is 19.3. The number of sulfonamides is 1. The standard InChI is InChI=1S/C26H26N2O5S2/c1-5-17-6-8-19(9-7-17)27-26(29)25-15-18-14-20(10-13-24(18)34-25)28(2)35(30,31)21-11-12-22(32-3)23(16-21)33-4/h6-16H,5H2,1-4H3,(H,27,29). The number of methoxy groups -OCH3 is 2. The lowest BCUT2D eigenvalue weighted by Crippen LogP contribution is -2.26. The third kappa shape index (κ3) is 4.96. The molecule has 0 aliphatic carbocycles. The van der Waals surface area contributed by atoms with E-state index < -0.39 is 10.0 Å². The fourth-order valence-corrected chi connectivity index (χ4v) is 5.77. The zero-order chi connectivity index (χ0) is 25.2. The van der Waals surface area contributed by atoms with E-state index in [0.717, 1.165) is 22.2 Å². The van der Waals surface area contributed by atoms with Crippen LogP contribution in [0.15, 0.2) is 71.6 Å². The Balaban J connectivity index is 1.59. The molecule has 4 aromatic rings. The minimum atomic E-state index is -3.85. The Hall–Kier alpha value is -3.56. The second-order valence-corrected chi connectivity index (χ2v) is 10.9. The van der Waals surface area contributed by atoms with E-state index >= 15 is 0 Å². The smallest absolute Gasteiger partial charge is 0.265 e. The van der Waals surface area contributed by atoms with Crippen LogP contribution in [0.5, 0.6) is 11.5 Å². The summed E-state index contributed by atoms with van der Waals surface area (Å²) in [5.41, 5.74) is 2.41. The lowest BCUT2D eigenvalue weighted by Gasteiger charge is -2.20. The molecule has 7 nitrogen and oxygen atoms in total. The molecule has 9 heteroatoms. The maximum atomic E-state index is 13.3. The zero-order valence-electron chi connectivity index (χ0n) is 19.9. The predicted molar refractivity (Wildman–Crippen MR) is 141 cm³/mol. The number of carbonyl (C=O) groups excluding carboxylic acids is 1. The third-order valence-corrected chi connectivity index (χ3v) is 8.62. The van der Waals surface area contributed by atoms with Crippen LogP contribution in [-0.4, -0.2) is 35.6 Å². The van der Waals surface area contributed by atoms with Crippen molar-refractivity contribution in [3.05, 3.63) is 77.2 Å². The molecule has 4 rings (SSSR count). The number of benzene rings is 3. The number of carbonyl (C=O) groups is 1. The van der Waals surface area contributed by atoms with Crippen molar-refractivity contribution in [1.82, 2.24) is 0 Å². The fourth-order valence-electron chi connectivity index (χ4n) is 3.63. The molecule has 0 spiro atoms. The minimum Gasteiger partial charge on any atom is -0.493 e. The molecule has 35 heavy (non-hydrogen) atoms. The van der Waals surface area contributed by atoms with Crippen molar-refractivity contribution < 1.29 is 22.7 Å². The second kappa shape index (κ2) is 9.97. The first-order valence-corrected chi connectivity index (χ1v) is 13.2. The molecule has 0 saturated carbocycles. The molecule has 0 unspecified atom stereocenters. The Morgan fingerprint density at radius 2 is 1.66 bits per heavy atom. The van der Waals surface area contributed by atoms with Gasteiger partial charge in [-0.15, -0.1) is 11.3 Å². The Bertz CT molecular complexity index is 1480. The van der Waals surface area contributed by atoms with Gasteiger partial charge in [-0.3, -0.25) is 9.10 Å². The van der Waals surface area contributed by atoms with E-state index in [1.807, 2.05) is 30.3 Å². The van der Waals surface area contributed by atoms with Gasteiger partial charge in [0, 0.05) is 23.5 Å². The number of aryl methyl sites for hydroxylation is 1. The van der Waals surface area contributed by atoms with Gasteiger partial charge < -0.3 is 14.8 Å². The molecule has 0 aliphatic rings. The van der Waals surface area contributed by atoms with Crippen LogP contribution < -0.4 is 19.1 Å². The summed E-state index contributed by atoms with van der Waals surface area (Å²) in [6.45, 7) is 2.08. The molecule has 0 bridgehead atoms. The predicted octanol–water partition coefficient (Wildman–Crippen LogP) is 5.56. The number of nitrogens with one attached hydrogen (secondary N) is 1. The van der Waals surface area contributed by atoms with Crippen LogP contribution in [0.1, 0.15) is 22.2 Å². The number of nitrogens with zero attached hydrogens (tertiary/aromatic N) is 1. The SMILES string of the molecule is CCc1ccc(NC(=O)c2cc3cc(N(C)S(=O)(=O)c4ccc(OC)c(OC)c4)ccc3s2)cc1. The topological polar surface area (TPSA) is 84.9 Å². The molecule has 1 aromatic heterocycles. The summed E-state index contributed by atoms with van der Waals surface area (Å²) >= 11 is 1.36. The van der Waals surface area contributed by atoms with Crippen molar-refractivity contribution in [2.75, 3.05) is 30.9 Å². The first kappa shape index (κ1) is 24.6. The van der Waals surface area contributed by atoms with E-state index in [9.17, 15) is 13.2 Å². The van der Waals surface area contributed by atoms with Crippen LogP contribution in [-0.2, 0) is 16.4 Å². The quantitative estimate of drug-likeness (QED) is 0.336. The summed E-state index contributed by atoms with van der Waals surface area (Å²) in [5.74, 6) is 0.569. The average Bonchev–Trinajstić information content (AvgIpc) is 3.32. The molecule has 0 aliphatic heterocycles. The van der Waals surface area contributed by atoms with Gasteiger partial charge in [0.15, 0.2) is 11.5 Å². The molecule has 0 fully saturated rings. The third-order valence-electron chi connectivity index (χ3n) is 5.72. The highest BCUT2D eigenvalue weighted by atomic mass is 32.2. The van der Waals surface area contributed by atoms with Gasteiger partial charge in [-0.1, -0.05) is 19.1 Å². The largest absolute Gasteiger partial charge is 0.493 e. The second-order valence-electron chi connectivity index (χ2n) is 7.83. The highest BCUT2D eigenvalue weighted by Gasteiger charge is 2.24. The van der Waals surface area contributed by atoms with E-state index in [2.05, 4.69) is 12.2 Å². The fraction of sp³-hybridized carbons (Fsp3) is 0.192. The molecule has 0 atom stereocenters. The first-order valence-electron chi connectivity index (χ1n) is 10.9. The van der Waals surface area contributed by atoms with Crippen LogP contribution in [0.2, 0.25) is 0 Å². The van der Waals surface area contributed by atoms with Gasteiger partial charge in [0.2, 0.25) is 0 Å². The van der Waals surface area contributed by atoms with E-state index in [0.29, 0.717) is 22.1 Å². The monoisotopic (exact) mass is 510 g/mol. The number of anilines is 2. The van der Waals surface area contributed by atoms with Crippen molar-refractivity contribution in [3.8, 4) is 11.5 Å². The van der Waals surface area contributed by atoms with Crippen molar-refractivity contribution in [3.63, 3.8) is 0 Å². The lowest BCUT2D eigenvalue weighted by molar-refractivity contribution is 0.103. The van der Waals surface area contributed by atoms with Crippen molar-refractivity contribution in [2.45, 2.75) is 18.2 Å². The van der Waals surface area contributed by atoms with Crippen LogP contribution >= 0.6 is 11.3 Å². The minimum absolute atomic E-state index is 0.0808. The van der Waals surface area contributed by atoms with Crippen LogP contribution in [0.25, 0.3) is 10.1 Å². The van der Waals surface area contributed by atoms with Gasteiger partial charge in [0.25, 0.3) is 15.9 Å². The van der Waals surface area contributed by atoms with E-state index in [-0.39, 0.29) is 10.8 Å². The van der Waals surface area contributed by atoms with Gasteiger partial charge in [0.05, 0.1) is 29.7 Å². The lowest BCUT2D eigenvalue weighted by atomic mass is 10.1. The van der Waals surface area contributed by atoms with Gasteiger partial charge in [0.1, 0.15) is 0 Å². The summed E-state index contributed by atoms with van der Waals surface area (Å²) < 4.78 is 39.1. The van der Waals surface area contributed by atoms with Crippen molar-refractivity contribution in [1.29, 1.82) is 0 Å². The Kier molecular flexibility index (Phi) is 7.00. The van der Waals surface area contributed by atoms with Crippen LogP contribution in [0.3, 0.4) is 0 Å². The van der Waals surface area contributed by atoms with Crippen molar-refractivity contribution in [2.24, 2.45) is 0 Å². The zero-order valence-corrected chi connectivity index (χ0v) is 21.5. The summed E-state index contributed by atoms with van der Waals surface area (Å²) in [4.78, 5) is 13.4. The van der Waals surface area contributed by atoms with Gasteiger partial charge >= 0.3 is 0 Å². The van der Waals surface area contributed by atoms with E-state index in [4.69, 9.17) is 9.47 Å². The van der Waals surface area contributed by atoms with Crippen LogP contribution in [0.4, 0.5) is 11.4 Å². The number of hydrogen-bond donors (Lipinski definition) is 1. The number of ether oxygens (including phenoxy) is 2. The Morgan fingerprint density at radius 1 is 0.943 bits per heavy atom. The number of fused-ring (bicyclic) bond motifs is 1. The van der Waals surface area contributed by atoms with Gasteiger partial charge in [-0.25, -0.2) is 8.42 Å². The molecule has 0 saturated heterocycles. The molecule has 1 heterocycles. The molecule has 182 valence electrons. The first-order chi connectivity index (χ1) is 16.8. The van der Waals surface area contributed by atoms with Crippen molar-refractivity contribution >= 4 is 48.7 Å². The normalized spacial score (nSPS) is 11.3. The molecular formula is C26H26N2O5S2. The highest BCUT2D eigenvalue weighted by Crippen LogP contribution is 2.34. The maximum absolute atomic E-state index is 13.3. The van der Waals surface area contributed by atoms with Gasteiger partial charge in [-0.2, -0.15) is 0 Å². The summed E-state index contributed by atoms with van der Waals surface area (Å²) in [6.07, 6.45) is 0.934. The number of amides is 1. The maximum Gasteiger partial charge on any atom is 0.265 e. The number of hydrogen-bond acceptors (Lipinski definition) is 6. The summed E-state index contributed by atoms with van der Waals surface area (Å²) in [5, 5.41) is 3.70. The van der Waals surface area contributed by atoms with E-state index in [1.165, 1.54) is 54.6 Å². The van der Waals surface area contributed by atoms with E-state index in [1.54, 1.807) is 24.3 Å². The van der Waals surface area contributed by atoms with Gasteiger partial charge in [-0.05, 0) is 65.9 Å². The highest BCUT2D eigenvalue weighted by molar-refractivity contribution is 7.92. The molecule has 1 N–H and O–H groups in total. The molecule has 3 aromatic carbocycles. The molecule has 0 radical (unpaired) electrons. The number of rotatable bonds is 8. The molecule has 1 amide bonds. The molecular weight excluding hydrogens is 484 g/mol. The Morgan fingerprint density at radius 3 is 2.31 bits per heavy atom. The Labute approximate surface area is 209 Å². The number of thiophene rings is 1. The van der Waals surface area contributed by atoms with Crippen LogP contribution in [0, 0.1) is 0 Å². The summed E-state index contributed by atoms with van der Waals surface area (Å²) in [7, 11) is 0.586.